The van der Waals surface area contributed by atoms with E-state index in [-0.39, 0.29) is 0 Å². The lowest BCUT2D eigenvalue weighted by molar-refractivity contribution is 0.632. The average molecular weight is 306 g/mol. The van der Waals surface area contributed by atoms with Gasteiger partial charge in [-0.2, -0.15) is 0 Å². The zero-order chi connectivity index (χ0) is 14.9. The molecule has 0 saturated carbocycles. The maximum Gasteiger partial charge on any atom is 0.155 e. The first kappa shape index (κ1) is 13.1. The molecule has 2 aromatic heterocycles. The minimum Gasteiger partial charge on any atom is -0.454 e. The van der Waals surface area contributed by atoms with Crippen LogP contribution in [0.4, 0.5) is 0 Å². The maximum absolute atomic E-state index is 6.07. The number of pyridine rings is 1. The summed E-state index contributed by atoms with van der Waals surface area (Å²) in [5.74, 6) is 0.816. The summed E-state index contributed by atoms with van der Waals surface area (Å²) in [5, 5.41) is 0.570. The van der Waals surface area contributed by atoms with E-state index in [1.807, 2.05) is 54.6 Å². The van der Waals surface area contributed by atoms with Crippen LogP contribution in [0.2, 0.25) is 5.02 Å². The quantitative estimate of drug-likeness (QED) is 0.466. The second-order valence-electron chi connectivity index (χ2n) is 5.04. The fourth-order valence-electron chi connectivity index (χ4n) is 2.62. The Bertz CT molecular complexity index is 930. The number of halogens is 1. The van der Waals surface area contributed by atoms with E-state index >= 15 is 0 Å². The molecule has 2 heterocycles. The summed E-state index contributed by atoms with van der Waals surface area (Å²) < 4.78 is 6.07. The summed E-state index contributed by atoms with van der Waals surface area (Å²) in [6.07, 6.45) is 1.65. The van der Waals surface area contributed by atoms with Crippen LogP contribution in [0.3, 0.4) is 0 Å². The normalized spacial score (nSPS) is 11.0. The van der Waals surface area contributed by atoms with Gasteiger partial charge in [0, 0.05) is 17.8 Å². The van der Waals surface area contributed by atoms with Gasteiger partial charge in [-0.05, 0) is 5.56 Å². The second kappa shape index (κ2) is 5.32. The third-order valence-corrected chi connectivity index (χ3v) is 3.80. The van der Waals surface area contributed by atoms with Crippen LogP contribution in [0.25, 0.3) is 33.6 Å². The Morgan fingerprint density at radius 2 is 1.45 bits per heavy atom. The molecule has 3 heteroatoms. The third-order valence-electron chi connectivity index (χ3n) is 3.59. The van der Waals surface area contributed by atoms with Crippen molar-refractivity contribution in [3.63, 3.8) is 0 Å². The van der Waals surface area contributed by atoms with Gasteiger partial charge in [0.15, 0.2) is 5.58 Å². The minimum absolute atomic E-state index is 0.570. The number of aromatic nitrogens is 1. The highest BCUT2D eigenvalue weighted by molar-refractivity contribution is 6.31. The lowest BCUT2D eigenvalue weighted by atomic mass is 10.0. The first-order valence-corrected chi connectivity index (χ1v) is 7.39. The van der Waals surface area contributed by atoms with Gasteiger partial charge in [-0.1, -0.05) is 72.3 Å². The van der Waals surface area contributed by atoms with Crippen molar-refractivity contribution in [1.82, 2.24) is 4.98 Å². The fraction of sp³-hybridized carbons (Fsp3) is 0. The molecular weight excluding hydrogens is 294 g/mol. The molecule has 2 nitrogen and oxygen atoms in total. The predicted molar refractivity (Wildman–Crippen MR) is 89.9 cm³/mol. The molecule has 0 fully saturated rings. The monoisotopic (exact) mass is 305 g/mol. The van der Waals surface area contributed by atoms with E-state index in [0.29, 0.717) is 10.6 Å². The van der Waals surface area contributed by atoms with Crippen molar-refractivity contribution < 1.29 is 4.42 Å². The molecule has 0 aliphatic carbocycles. The molecule has 2 aromatic carbocycles. The molecule has 0 saturated heterocycles. The second-order valence-corrected chi connectivity index (χ2v) is 5.47. The molecule has 0 aliphatic rings. The molecule has 0 spiro atoms. The third kappa shape index (κ3) is 2.18. The summed E-state index contributed by atoms with van der Waals surface area (Å²) in [4.78, 5) is 4.48. The zero-order valence-electron chi connectivity index (χ0n) is 11.7. The molecule has 4 rings (SSSR count). The molecule has 0 aliphatic heterocycles. The van der Waals surface area contributed by atoms with Gasteiger partial charge in [0.25, 0.3) is 0 Å². The van der Waals surface area contributed by atoms with Crippen LogP contribution in [0, 0.1) is 0 Å². The molecule has 4 aromatic rings. The summed E-state index contributed by atoms with van der Waals surface area (Å²) in [6, 6.07) is 22.0. The van der Waals surface area contributed by atoms with E-state index in [9.17, 15) is 0 Å². The Labute approximate surface area is 133 Å². The van der Waals surface area contributed by atoms with Crippen LogP contribution < -0.4 is 0 Å². The molecule has 22 heavy (non-hydrogen) atoms. The highest BCUT2D eigenvalue weighted by Crippen LogP contribution is 2.40. The highest BCUT2D eigenvalue weighted by Gasteiger charge is 2.18. The maximum atomic E-state index is 6.07. The number of nitrogens with zero attached hydrogens (tertiary/aromatic N) is 1. The minimum atomic E-state index is 0.570. The van der Waals surface area contributed by atoms with E-state index in [1.165, 1.54) is 0 Å². The van der Waals surface area contributed by atoms with Crippen LogP contribution >= 0.6 is 11.6 Å². The van der Waals surface area contributed by atoms with Gasteiger partial charge in [0.2, 0.25) is 0 Å². The molecule has 106 valence electrons. The van der Waals surface area contributed by atoms with Crippen LogP contribution in [0.1, 0.15) is 0 Å². The molecule has 0 N–H and O–H groups in total. The Balaban J connectivity index is 2.07. The van der Waals surface area contributed by atoms with Gasteiger partial charge < -0.3 is 4.42 Å². The summed E-state index contributed by atoms with van der Waals surface area (Å²) >= 11 is 6.05. The summed E-state index contributed by atoms with van der Waals surface area (Å²) in [6.45, 7) is 0. The Kier molecular flexibility index (Phi) is 3.17. The van der Waals surface area contributed by atoms with Gasteiger partial charge in [-0.25, -0.2) is 0 Å². The van der Waals surface area contributed by atoms with Crippen molar-refractivity contribution in [1.29, 1.82) is 0 Å². The number of furan rings is 1. The fourth-order valence-corrected chi connectivity index (χ4v) is 2.77. The number of hydrogen-bond donors (Lipinski definition) is 0. The van der Waals surface area contributed by atoms with Crippen molar-refractivity contribution in [2.75, 3.05) is 0 Å². The van der Waals surface area contributed by atoms with E-state index in [0.717, 1.165) is 28.0 Å². The van der Waals surface area contributed by atoms with Crippen molar-refractivity contribution in [3.8, 4) is 22.5 Å². The van der Waals surface area contributed by atoms with Gasteiger partial charge in [0.05, 0.1) is 10.6 Å². The Morgan fingerprint density at radius 1 is 0.818 bits per heavy atom. The first-order valence-electron chi connectivity index (χ1n) is 7.02. The van der Waals surface area contributed by atoms with Gasteiger partial charge in [0.1, 0.15) is 11.3 Å². The number of fused-ring (bicyclic) bond motifs is 1. The molecule has 0 amide bonds. The lowest BCUT2D eigenvalue weighted by Crippen LogP contribution is -1.82. The largest absolute Gasteiger partial charge is 0.454 e. The van der Waals surface area contributed by atoms with E-state index < -0.39 is 0 Å². The van der Waals surface area contributed by atoms with Gasteiger partial charge >= 0.3 is 0 Å². The van der Waals surface area contributed by atoms with Crippen LogP contribution in [-0.2, 0) is 0 Å². The van der Waals surface area contributed by atoms with Gasteiger partial charge in [-0.3, -0.25) is 4.98 Å². The van der Waals surface area contributed by atoms with E-state index in [1.54, 1.807) is 6.20 Å². The SMILES string of the molecule is Clc1cnc2c(-c3ccccc3)c(-c3ccccc3)oc2c1. The molecule has 0 radical (unpaired) electrons. The topological polar surface area (TPSA) is 26.0 Å². The standard InChI is InChI=1S/C19H12ClNO/c20-15-11-16-18(21-12-15)17(13-7-3-1-4-8-13)19(22-16)14-9-5-2-6-10-14/h1-12H. The van der Waals surface area contributed by atoms with Gasteiger partial charge in [-0.15, -0.1) is 0 Å². The average Bonchev–Trinajstić information content (AvgIpc) is 2.95. The van der Waals surface area contributed by atoms with Crippen LogP contribution in [0.5, 0.6) is 0 Å². The molecule has 0 unspecified atom stereocenters. The highest BCUT2D eigenvalue weighted by atomic mass is 35.5. The zero-order valence-corrected chi connectivity index (χ0v) is 12.4. The van der Waals surface area contributed by atoms with E-state index in [2.05, 4.69) is 17.1 Å². The lowest BCUT2D eigenvalue weighted by Gasteiger charge is -2.03. The Morgan fingerprint density at radius 3 is 2.14 bits per heavy atom. The van der Waals surface area contributed by atoms with Crippen molar-refractivity contribution in [3.05, 3.63) is 77.9 Å². The number of rotatable bonds is 2. The van der Waals surface area contributed by atoms with Crippen molar-refractivity contribution >= 4 is 22.7 Å². The Hall–Kier alpha value is -2.58. The molecule has 0 bridgehead atoms. The smallest absolute Gasteiger partial charge is 0.155 e. The van der Waals surface area contributed by atoms with Crippen LogP contribution in [-0.4, -0.2) is 4.98 Å². The van der Waals surface area contributed by atoms with Crippen molar-refractivity contribution in [2.45, 2.75) is 0 Å². The molecular formula is C19H12ClNO. The molecule has 0 atom stereocenters. The summed E-state index contributed by atoms with van der Waals surface area (Å²) in [5.41, 5.74) is 4.63. The predicted octanol–water partition coefficient (Wildman–Crippen LogP) is 5.82. The first-order chi connectivity index (χ1) is 10.8. The number of hydrogen-bond acceptors (Lipinski definition) is 2. The van der Waals surface area contributed by atoms with Crippen LogP contribution in [0.15, 0.2) is 77.3 Å². The van der Waals surface area contributed by atoms with Crippen molar-refractivity contribution in [2.24, 2.45) is 0 Å². The summed E-state index contributed by atoms with van der Waals surface area (Å²) in [7, 11) is 0. The number of benzene rings is 2. The van der Waals surface area contributed by atoms with E-state index in [4.69, 9.17) is 16.0 Å².